The number of unbranched alkanes of at least 4 members (excludes halogenated alkanes) is 18. The molecule has 4 N–H and O–H groups in total. The van der Waals surface area contributed by atoms with Crippen LogP contribution in [0.2, 0.25) is 0 Å². The zero-order valence-electron chi connectivity index (χ0n) is 37.9. The van der Waals surface area contributed by atoms with Gasteiger partial charge in [-0.25, -0.2) is 0 Å². The maximum atomic E-state index is 6.24. The summed E-state index contributed by atoms with van der Waals surface area (Å²) in [6.45, 7) is 11.4. The van der Waals surface area contributed by atoms with Crippen molar-refractivity contribution in [2.75, 3.05) is 11.5 Å². The molecule has 0 fully saturated rings. The minimum absolute atomic E-state index is 0.399. The van der Waals surface area contributed by atoms with Gasteiger partial charge in [-0.05, 0) is 102 Å². The van der Waals surface area contributed by atoms with Gasteiger partial charge < -0.3 is 11.5 Å². The van der Waals surface area contributed by atoms with Crippen molar-refractivity contribution < 1.29 is 0 Å². The van der Waals surface area contributed by atoms with E-state index in [9.17, 15) is 0 Å². The van der Waals surface area contributed by atoms with Gasteiger partial charge in [0.1, 0.15) is 0 Å². The summed E-state index contributed by atoms with van der Waals surface area (Å²) >= 11 is 0. The molecule has 4 aromatic carbocycles. The highest BCUT2D eigenvalue weighted by atomic mass is 14.5. The minimum atomic E-state index is 0.399. The molecule has 2 heteroatoms. The van der Waals surface area contributed by atoms with Crippen molar-refractivity contribution in [1.29, 1.82) is 0 Å². The summed E-state index contributed by atoms with van der Waals surface area (Å²) in [6.07, 6.45) is 31.7. The fourth-order valence-electron chi connectivity index (χ4n) is 9.55. The van der Waals surface area contributed by atoms with Crippen LogP contribution in [0.15, 0.2) is 84.9 Å². The van der Waals surface area contributed by atoms with Crippen molar-refractivity contribution in [2.45, 2.75) is 206 Å². The zero-order valence-corrected chi connectivity index (χ0v) is 37.9. The first kappa shape index (κ1) is 47.2. The smallest absolute Gasteiger partial charge is 0.0316 e. The highest BCUT2D eigenvalue weighted by Crippen LogP contribution is 2.38. The molecule has 58 heavy (non-hydrogen) atoms. The number of nitrogens with two attached hydrogens (primary N) is 2. The molecule has 4 aromatic rings. The fourth-order valence-corrected chi connectivity index (χ4v) is 9.55. The topological polar surface area (TPSA) is 52.0 Å². The molecule has 0 saturated carbocycles. The molecule has 0 aliphatic rings. The fraction of sp³-hybridized carbons (Fsp3) is 0.571. The normalized spacial score (nSPS) is 13.1. The van der Waals surface area contributed by atoms with Gasteiger partial charge in [-0.1, -0.05) is 216 Å². The molecule has 2 unspecified atom stereocenters. The highest BCUT2D eigenvalue weighted by Gasteiger charge is 2.21. The van der Waals surface area contributed by atoms with E-state index in [0.717, 1.165) is 11.4 Å². The van der Waals surface area contributed by atoms with Crippen LogP contribution in [-0.2, 0) is 0 Å². The first-order valence-corrected chi connectivity index (χ1v) is 24.3. The van der Waals surface area contributed by atoms with E-state index in [1.807, 2.05) is 0 Å². The highest BCUT2D eigenvalue weighted by molar-refractivity contribution is 5.50. The molecule has 0 spiro atoms. The van der Waals surface area contributed by atoms with E-state index < -0.39 is 0 Å². The van der Waals surface area contributed by atoms with Gasteiger partial charge in [0.25, 0.3) is 0 Å². The molecule has 318 valence electrons. The van der Waals surface area contributed by atoms with E-state index in [2.05, 4.69) is 120 Å². The second-order valence-corrected chi connectivity index (χ2v) is 18.0. The first-order chi connectivity index (χ1) is 28.4. The van der Waals surface area contributed by atoms with Gasteiger partial charge in [0.05, 0.1) is 0 Å². The predicted molar refractivity (Wildman–Crippen MR) is 257 cm³/mol. The molecule has 0 aliphatic carbocycles. The van der Waals surface area contributed by atoms with Crippen LogP contribution in [0.25, 0.3) is 0 Å². The number of rotatable bonds is 30. The van der Waals surface area contributed by atoms with Crippen molar-refractivity contribution in [3.63, 3.8) is 0 Å². The van der Waals surface area contributed by atoms with Gasteiger partial charge >= 0.3 is 0 Å². The number of benzene rings is 4. The Hall–Kier alpha value is -3.52. The molecular formula is C56H84N2. The van der Waals surface area contributed by atoms with Crippen LogP contribution in [0, 0.1) is 13.8 Å². The lowest BCUT2D eigenvalue weighted by Crippen LogP contribution is -2.07. The summed E-state index contributed by atoms with van der Waals surface area (Å²) in [6, 6.07) is 32.9. The molecule has 0 heterocycles. The standard InChI is InChI=1S/C56H84N2/c1-6-9-12-15-18-19-20-23-24-27-54(46-30-34-48(35-31-46)55(28-25-21-16-13-10-7-2)52-40-38-50(57)42-44(52)4)47-32-36-49(37-33-47)56(29-26-22-17-14-11-8-3)53-41-39-51(58)43-45(53)5/h30-43,54-56H,6-29,57-58H2,1-5H3. The Morgan fingerprint density at radius 3 is 0.879 bits per heavy atom. The van der Waals surface area contributed by atoms with E-state index in [4.69, 9.17) is 11.5 Å². The van der Waals surface area contributed by atoms with E-state index in [0.29, 0.717) is 17.8 Å². The van der Waals surface area contributed by atoms with E-state index >= 15 is 0 Å². The van der Waals surface area contributed by atoms with Crippen LogP contribution in [0.4, 0.5) is 11.4 Å². The maximum Gasteiger partial charge on any atom is 0.0316 e. The van der Waals surface area contributed by atoms with E-state index in [-0.39, 0.29) is 0 Å². The lowest BCUT2D eigenvalue weighted by atomic mass is 9.80. The lowest BCUT2D eigenvalue weighted by Gasteiger charge is -2.24. The molecule has 0 aromatic heterocycles. The zero-order chi connectivity index (χ0) is 41.4. The van der Waals surface area contributed by atoms with Crippen molar-refractivity contribution in [1.82, 2.24) is 0 Å². The minimum Gasteiger partial charge on any atom is -0.399 e. The average Bonchev–Trinajstić information content (AvgIpc) is 3.22. The summed E-state index contributed by atoms with van der Waals surface area (Å²) in [5.41, 5.74) is 25.5. The van der Waals surface area contributed by atoms with Crippen molar-refractivity contribution in [3.05, 3.63) is 129 Å². The van der Waals surface area contributed by atoms with Gasteiger partial charge in [-0.15, -0.1) is 0 Å². The molecule has 0 bridgehead atoms. The average molecular weight is 785 g/mol. The molecular weight excluding hydrogens is 701 g/mol. The third-order valence-electron chi connectivity index (χ3n) is 13.1. The van der Waals surface area contributed by atoms with Crippen molar-refractivity contribution >= 4 is 11.4 Å². The van der Waals surface area contributed by atoms with Gasteiger partial charge in [0, 0.05) is 29.1 Å². The third-order valence-corrected chi connectivity index (χ3v) is 13.1. The number of aryl methyl sites for hydroxylation is 2. The summed E-state index contributed by atoms with van der Waals surface area (Å²) < 4.78 is 0. The Bertz CT molecular complexity index is 1550. The third kappa shape index (κ3) is 15.9. The second-order valence-electron chi connectivity index (χ2n) is 18.0. The van der Waals surface area contributed by atoms with Crippen LogP contribution in [0.5, 0.6) is 0 Å². The van der Waals surface area contributed by atoms with Crippen molar-refractivity contribution in [2.24, 2.45) is 0 Å². The van der Waals surface area contributed by atoms with E-state index in [1.54, 1.807) is 0 Å². The van der Waals surface area contributed by atoms with Crippen LogP contribution in [-0.4, -0.2) is 0 Å². The van der Waals surface area contributed by atoms with Crippen LogP contribution < -0.4 is 11.5 Å². The van der Waals surface area contributed by atoms with Crippen LogP contribution in [0.3, 0.4) is 0 Å². The van der Waals surface area contributed by atoms with Crippen molar-refractivity contribution in [3.8, 4) is 0 Å². The Morgan fingerprint density at radius 2 is 0.586 bits per heavy atom. The maximum absolute atomic E-state index is 6.24. The largest absolute Gasteiger partial charge is 0.399 e. The number of hydrogen-bond acceptors (Lipinski definition) is 2. The quantitative estimate of drug-likeness (QED) is 0.0409. The van der Waals surface area contributed by atoms with Crippen LogP contribution in [0.1, 0.15) is 237 Å². The summed E-state index contributed by atoms with van der Waals surface area (Å²) in [7, 11) is 0. The molecule has 0 radical (unpaired) electrons. The Kier molecular flexibility index (Phi) is 22.2. The Morgan fingerprint density at radius 1 is 0.328 bits per heavy atom. The summed E-state index contributed by atoms with van der Waals surface area (Å²) in [5.74, 6) is 1.20. The first-order valence-electron chi connectivity index (χ1n) is 24.3. The summed E-state index contributed by atoms with van der Waals surface area (Å²) in [4.78, 5) is 0. The number of anilines is 2. The van der Waals surface area contributed by atoms with Gasteiger partial charge in [0.15, 0.2) is 0 Å². The molecule has 2 nitrogen and oxygen atoms in total. The predicted octanol–water partition coefficient (Wildman–Crippen LogP) is 17.3. The molecule has 4 rings (SSSR count). The lowest BCUT2D eigenvalue weighted by molar-refractivity contribution is 0.545. The Labute approximate surface area is 357 Å². The SMILES string of the molecule is CCCCCCCCCCCC(c1ccc(C(CCCCCCCC)c2ccc(N)cc2C)cc1)c1ccc(C(CCCCCCCC)c2ccc(N)cc2C)cc1. The molecule has 0 aliphatic heterocycles. The second kappa shape index (κ2) is 27.3. The number of hydrogen-bond donors (Lipinski definition) is 2. The molecule has 0 saturated heterocycles. The van der Waals surface area contributed by atoms with Crippen LogP contribution >= 0.6 is 0 Å². The number of nitrogen functional groups attached to an aromatic ring is 2. The van der Waals surface area contributed by atoms with E-state index in [1.165, 1.54) is 199 Å². The Balaban J connectivity index is 1.57. The van der Waals surface area contributed by atoms with Gasteiger partial charge in [-0.3, -0.25) is 0 Å². The summed E-state index contributed by atoms with van der Waals surface area (Å²) in [5, 5.41) is 0. The molecule has 2 atom stereocenters. The van der Waals surface area contributed by atoms with Gasteiger partial charge in [0.2, 0.25) is 0 Å². The molecule has 0 amide bonds. The van der Waals surface area contributed by atoms with Gasteiger partial charge in [-0.2, -0.15) is 0 Å². The monoisotopic (exact) mass is 785 g/mol.